The lowest BCUT2D eigenvalue weighted by Crippen LogP contribution is -2.32. The van der Waals surface area contributed by atoms with E-state index in [1.807, 2.05) is 19.1 Å². The van der Waals surface area contributed by atoms with Gasteiger partial charge >= 0.3 is 5.97 Å². The molecule has 0 aliphatic carbocycles. The van der Waals surface area contributed by atoms with Crippen LogP contribution in [-0.4, -0.2) is 56.7 Å². The summed E-state index contributed by atoms with van der Waals surface area (Å²) in [7, 11) is -3.62. The molecule has 0 spiro atoms. The fraction of sp³-hybridized carbons (Fsp3) is 0.318. The number of amides is 2. The van der Waals surface area contributed by atoms with Gasteiger partial charge in [-0.1, -0.05) is 31.5 Å². The normalized spacial score (nSPS) is 11.1. The molecule has 2 N–H and O–H groups in total. The maximum absolute atomic E-state index is 12.5. The number of carbonyl (C=O) groups excluding carboxylic acids is 3. The lowest BCUT2D eigenvalue weighted by atomic mass is 10.2. The molecule has 0 saturated carbocycles. The molecule has 32 heavy (non-hydrogen) atoms. The number of rotatable bonds is 10. The Hall–Kier alpha value is -3.24. The molecule has 0 saturated heterocycles. The standard InChI is InChI=1S/C22H27N3O6S/c1-4-25(5-2)32(29,30)19-12-8-17(9-13-19)22(28)23-14-21(27)31-15-20(26)24-18-10-6-16(3)7-11-18/h6-13H,4-5,14-15H2,1-3H3,(H,23,28)(H,24,26). The van der Waals surface area contributed by atoms with Crippen molar-refractivity contribution in [2.45, 2.75) is 25.7 Å². The Morgan fingerprint density at radius 2 is 1.53 bits per heavy atom. The lowest BCUT2D eigenvalue weighted by Gasteiger charge is -2.18. The molecular formula is C22H27N3O6S. The Bertz CT molecular complexity index is 1050. The smallest absolute Gasteiger partial charge is 0.325 e. The van der Waals surface area contributed by atoms with Crippen LogP contribution >= 0.6 is 0 Å². The number of hydrogen-bond donors (Lipinski definition) is 2. The van der Waals surface area contributed by atoms with Gasteiger partial charge in [0.1, 0.15) is 6.54 Å². The SMILES string of the molecule is CCN(CC)S(=O)(=O)c1ccc(C(=O)NCC(=O)OCC(=O)Nc2ccc(C)cc2)cc1. The fourth-order valence-electron chi connectivity index (χ4n) is 2.78. The van der Waals surface area contributed by atoms with E-state index in [1.54, 1.807) is 26.0 Å². The summed E-state index contributed by atoms with van der Waals surface area (Å²) in [5.74, 6) is -1.85. The van der Waals surface area contributed by atoms with Gasteiger partial charge in [-0.05, 0) is 43.3 Å². The summed E-state index contributed by atoms with van der Waals surface area (Å²) in [5.41, 5.74) is 1.81. The fourth-order valence-corrected chi connectivity index (χ4v) is 4.23. The third-order valence-electron chi connectivity index (χ3n) is 4.55. The van der Waals surface area contributed by atoms with Crippen LogP contribution in [0.2, 0.25) is 0 Å². The van der Waals surface area contributed by atoms with E-state index < -0.39 is 41.0 Å². The van der Waals surface area contributed by atoms with Crippen molar-refractivity contribution in [3.63, 3.8) is 0 Å². The third-order valence-corrected chi connectivity index (χ3v) is 6.62. The highest BCUT2D eigenvalue weighted by atomic mass is 32.2. The molecule has 0 aliphatic rings. The van der Waals surface area contributed by atoms with E-state index in [1.165, 1.54) is 28.6 Å². The van der Waals surface area contributed by atoms with E-state index >= 15 is 0 Å². The number of carbonyl (C=O) groups is 3. The Labute approximate surface area is 187 Å². The summed E-state index contributed by atoms with van der Waals surface area (Å²) in [4.78, 5) is 35.9. The first-order valence-corrected chi connectivity index (χ1v) is 11.5. The Balaban J connectivity index is 1.82. The van der Waals surface area contributed by atoms with Gasteiger partial charge in [-0.15, -0.1) is 0 Å². The van der Waals surface area contributed by atoms with Crippen LogP contribution in [0.25, 0.3) is 0 Å². The van der Waals surface area contributed by atoms with E-state index in [9.17, 15) is 22.8 Å². The number of hydrogen-bond acceptors (Lipinski definition) is 6. The van der Waals surface area contributed by atoms with Crippen molar-refractivity contribution in [3.05, 3.63) is 59.7 Å². The quantitative estimate of drug-likeness (QED) is 0.522. The molecule has 2 amide bonds. The molecule has 9 nitrogen and oxygen atoms in total. The van der Waals surface area contributed by atoms with Gasteiger partial charge in [0.25, 0.3) is 11.8 Å². The number of ether oxygens (including phenoxy) is 1. The number of benzene rings is 2. The molecule has 0 fully saturated rings. The molecule has 2 aromatic carbocycles. The first-order valence-electron chi connectivity index (χ1n) is 10.1. The Kier molecular flexibility index (Phi) is 8.91. The maximum Gasteiger partial charge on any atom is 0.325 e. The number of nitrogens with zero attached hydrogens (tertiary/aromatic N) is 1. The second kappa shape index (κ2) is 11.4. The second-order valence-corrected chi connectivity index (χ2v) is 8.81. The molecular weight excluding hydrogens is 434 g/mol. The van der Waals surface area contributed by atoms with Crippen LogP contribution in [0, 0.1) is 6.92 Å². The van der Waals surface area contributed by atoms with Crippen LogP contribution in [0.5, 0.6) is 0 Å². The largest absolute Gasteiger partial charge is 0.454 e. The van der Waals surface area contributed by atoms with E-state index in [0.717, 1.165) is 5.56 Å². The summed E-state index contributed by atoms with van der Waals surface area (Å²) in [6, 6.07) is 12.6. The highest BCUT2D eigenvalue weighted by Crippen LogP contribution is 2.16. The van der Waals surface area contributed by atoms with Crippen LogP contribution in [-0.2, 0) is 24.3 Å². The van der Waals surface area contributed by atoms with Crippen molar-refractivity contribution < 1.29 is 27.5 Å². The zero-order valence-electron chi connectivity index (χ0n) is 18.3. The van der Waals surface area contributed by atoms with Crippen LogP contribution in [0.1, 0.15) is 29.8 Å². The predicted molar refractivity (Wildman–Crippen MR) is 120 cm³/mol. The molecule has 10 heteroatoms. The van der Waals surface area contributed by atoms with Gasteiger partial charge in [0.05, 0.1) is 4.90 Å². The molecule has 2 rings (SSSR count). The van der Waals surface area contributed by atoms with Crippen molar-refractivity contribution in [2.75, 3.05) is 31.6 Å². The number of nitrogens with one attached hydrogen (secondary N) is 2. The minimum absolute atomic E-state index is 0.0803. The summed E-state index contributed by atoms with van der Waals surface area (Å²) in [6.45, 7) is 5.17. The number of aryl methyl sites for hydroxylation is 1. The third kappa shape index (κ3) is 6.89. The highest BCUT2D eigenvalue weighted by Gasteiger charge is 2.21. The van der Waals surface area contributed by atoms with Crippen LogP contribution in [0.3, 0.4) is 0 Å². The van der Waals surface area contributed by atoms with Gasteiger partial charge in [-0.2, -0.15) is 4.31 Å². The summed E-state index contributed by atoms with van der Waals surface area (Å²) in [6.07, 6.45) is 0. The first kappa shape index (κ1) is 25.0. The highest BCUT2D eigenvalue weighted by molar-refractivity contribution is 7.89. The molecule has 0 aromatic heterocycles. The van der Waals surface area contributed by atoms with E-state index in [0.29, 0.717) is 18.8 Å². The van der Waals surface area contributed by atoms with Crippen LogP contribution < -0.4 is 10.6 Å². The number of sulfonamides is 1. The predicted octanol–water partition coefficient (Wildman–Crippen LogP) is 1.94. The van der Waals surface area contributed by atoms with Crippen molar-refractivity contribution in [3.8, 4) is 0 Å². The molecule has 172 valence electrons. The first-order chi connectivity index (χ1) is 15.2. The molecule has 0 radical (unpaired) electrons. The Morgan fingerprint density at radius 3 is 2.09 bits per heavy atom. The average Bonchev–Trinajstić information content (AvgIpc) is 2.78. The summed E-state index contributed by atoms with van der Waals surface area (Å²) in [5, 5.41) is 4.97. The topological polar surface area (TPSA) is 122 Å². The summed E-state index contributed by atoms with van der Waals surface area (Å²) >= 11 is 0. The second-order valence-electron chi connectivity index (χ2n) is 6.87. The monoisotopic (exact) mass is 461 g/mol. The van der Waals surface area contributed by atoms with Crippen molar-refractivity contribution in [2.24, 2.45) is 0 Å². The van der Waals surface area contributed by atoms with Crippen LogP contribution in [0.15, 0.2) is 53.4 Å². The molecule has 0 bridgehead atoms. The lowest BCUT2D eigenvalue weighted by molar-refractivity contribution is -0.146. The van der Waals surface area contributed by atoms with Crippen molar-refractivity contribution >= 4 is 33.5 Å². The van der Waals surface area contributed by atoms with E-state index in [2.05, 4.69) is 10.6 Å². The maximum atomic E-state index is 12.5. The number of esters is 1. The molecule has 0 unspecified atom stereocenters. The van der Waals surface area contributed by atoms with Crippen molar-refractivity contribution in [1.82, 2.24) is 9.62 Å². The van der Waals surface area contributed by atoms with Gasteiger partial charge < -0.3 is 15.4 Å². The van der Waals surface area contributed by atoms with Gasteiger partial charge in [0, 0.05) is 24.3 Å². The van der Waals surface area contributed by atoms with Crippen LogP contribution in [0.4, 0.5) is 5.69 Å². The zero-order valence-corrected chi connectivity index (χ0v) is 19.1. The van der Waals surface area contributed by atoms with E-state index in [4.69, 9.17) is 4.74 Å². The molecule has 2 aromatic rings. The van der Waals surface area contributed by atoms with Gasteiger partial charge in [-0.3, -0.25) is 14.4 Å². The minimum Gasteiger partial charge on any atom is -0.454 e. The van der Waals surface area contributed by atoms with Gasteiger partial charge in [-0.25, -0.2) is 8.42 Å². The molecule has 0 heterocycles. The minimum atomic E-state index is -3.62. The van der Waals surface area contributed by atoms with Crippen molar-refractivity contribution in [1.29, 1.82) is 0 Å². The van der Waals surface area contributed by atoms with E-state index in [-0.39, 0.29) is 10.5 Å². The van der Waals surface area contributed by atoms with Gasteiger partial charge in [0.2, 0.25) is 10.0 Å². The number of anilines is 1. The molecule has 0 aliphatic heterocycles. The Morgan fingerprint density at radius 1 is 0.938 bits per heavy atom. The average molecular weight is 462 g/mol. The molecule has 0 atom stereocenters. The zero-order chi connectivity index (χ0) is 23.7. The van der Waals surface area contributed by atoms with Gasteiger partial charge in [0.15, 0.2) is 6.61 Å². The summed E-state index contributed by atoms with van der Waals surface area (Å²) < 4.78 is 31.1.